The molecule has 2 aliphatic rings. The van der Waals surface area contributed by atoms with Gasteiger partial charge in [-0.2, -0.15) is 0 Å². The normalized spacial score (nSPS) is 31.8. The molecule has 3 rings (SSSR count). The van der Waals surface area contributed by atoms with E-state index in [4.69, 9.17) is 18.9 Å². The van der Waals surface area contributed by atoms with Gasteiger partial charge in [0.15, 0.2) is 6.29 Å². The lowest BCUT2D eigenvalue weighted by Crippen LogP contribution is -2.35. The van der Waals surface area contributed by atoms with Gasteiger partial charge in [-0.05, 0) is 5.56 Å². The minimum atomic E-state index is -0.313. The van der Waals surface area contributed by atoms with E-state index in [-0.39, 0.29) is 37.2 Å². The Morgan fingerprint density at radius 2 is 2.05 bits per heavy atom. The maximum atomic E-state index is 10.8. The number of fused-ring (bicyclic) bond motifs is 1. The number of ether oxygens (including phenoxy) is 4. The lowest BCUT2D eigenvalue weighted by atomic mass is 10.2. The summed E-state index contributed by atoms with van der Waals surface area (Å²) in [6, 6.07) is 9.91. The second kappa shape index (κ2) is 5.28. The average Bonchev–Trinajstić information content (AvgIpc) is 3.09. The summed E-state index contributed by atoms with van der Waals surface area (Å²) in [5, 5.41) is 0. The van der Waals surface area contributed by atoms with Gasteiger partial charge in [0, 0.05) is 6.92 Å². The Hall–Kier alpha value is -1.43. The Balaban J connectivity index is 1.54. The van der Waals surface area contributed by atoms with Gasteiger partial charge in [0.05, 0.1) is 6.61 Å². The fourth-order valence-corrected chi connectivity index (χ4v) is 2.22. The summed E-state index contributed by atoms with van der Waals surface area (Å²) in [6.07, 6.45) is -0.633. The van der Waals surface area contributed by atoms with Gasteiger partial charge in [-0.1, -0.05) is 30.3 Å². The molecule has 0 aliphatic carbocycles. The molecule has 0 saturated carbocycles. The van der Waals surface area contributed by atoms with Crippen molar-refractivity contribution in [2.24, 2.45) is 0 Å². The SMILES string of the molecule is CC(=O)OC[C@H]1O[C@H]2O[C@@H]2[C@H]1OCc1ccccc1. The first-order valence-corrected chi connectivity index (χ1v) is 6.34. The predicted octanol–water partition coefficient (Wildman–Crippen LogP) is 1.26. The quantitative estimate of drug-likeness (QED) is 0.592. The van der Waals surface area contributed by atoms with Crippen LogP contribution in [0, 0.1) is 0 Å². The van der Waals surface area contributed by atoms with Crippen molar-refractivity contribution >= 4 is 5.97 Å². The summed E-state index contributed by atoms with van der Waals surface area (Å²) in [4.78, 5) is 10.8. The van der Waals surface area contributed by atoms with Gasteiger partial charge in [0.1, 0.15) is 24.9 Å². The van der Waals surface area contributed by atoms with E-state index in [0.717, 1.165) is 5.56 Å². The molecule has 102 valence electrons. The summed E-state index contributed by atoms with van der Waals surface area (Å²) in [7, 11) is 0. The molecule has 0 spiro atoms. The highest BCUT2D eigenvalue weighted by Crippen LogP contribution is 2.39. The van der Waals surface area contributed by atoms with Gasteiger partial charge in [0.2, 0.25) is 0 Å². The highest BCUT2D eigenvalue weighted by atomic mass is 16.8. The zero-order valence-electron chi connectivity index (χ0n) is 10.7. The first-order chi connectivity index (χ1) is 9.24. The van der Waals surface area contributed by atoms with Gasteiger partial charge in [-0.25, -0.2) is 0 Å². The Labute approximate surface area is 111 Å². The predicted molar refractivity (Wildman–Crippen MR) is 65.2 cm³/mol. The molecule has 0 unspecified atom stereocenters. The zero-order chi connectivity index (χ0) is 13.2. The van der Waals surface area contributed by atoms with Crippen molar-refractivity contribution in [3.8, 4) is 0 Å². The first-order valence-electron chi connectivity index (χ1n) is 6.34. The number of hydrogen-bond donors (Lipinski definition) is 0. The standard InChI is InChI=1S/C14H16O5/c1-9(15)16-8-11-12(13-14(18-11)19-13)17-7-10-5-3-2-4-6-10/h2-6,11-14H,7-8H2,1H3/t11-,12+,13-,14+/m1/s1. The average molecular weight is 264 g/mol. The maximum absolute atomic E-state index is 10.8. The molecule has 5 nitrogen and oxygen atoms in total. The monoisotopic (exact) mass is 264 g/mol. The van der Waals surface area contributed by atoms with Crippen LogP contribution in [0.4, 0.5) is 0 Å². The largest absolute Gasteiger partial charge is 0.463 e. The van der Waals surface area contributed by atoms with Gasteiger partial charge in [-0.3, -0.25) is 4.79 Å². The molecule has 5 heteroatoms. The molecule has 19 heavy (non-hydrogen) atoms. The van der Waals surface area contributed by atoms with Gasteiger partial charge < -0.3 is 18.9 Å². The third kappa shape index (κ3) is 2.94. The molecule has 0 bridgehead atoms. The Kier molecular flexibility index (Phi) is 3.50. The zero-order valence-corrected chi connectivity index (χ0v) is 10.7. The van der Waals surface area contributed by atoms with E-state index in [1.807, 2.05) is 30.3 Å². The summed E-state index contributed by atoms with van der Waals surface area (Å²) < 4.78 is 21.7. The fourth-order valence-electron chi connectivity index (χ4n) is 2.22. The molecular weight excluding hydrogens is 248 g/mol. The van der Waals surface area contributed by atoms with Crippen LogP contribution >= 0.6 is 0 Å². The van der Waals surface area contributed by atoms with Crippen molar-refractivity contribution in [1.82, 2.24) is 0 Å². The molecular formula is C14H16O5. The van der Waals surface area contributed by atoms with E-state index < -0.39 is 0 Å². The van der Waals surface area contributed by atoms with E-state index in [2.05, 4.69) is 0 Å². The van der Waals surface area contributed by atoms with E-state index >= 15 is 0 Å². The summed E-state index contributed by atoms with van der Waals surface area (Å²) >= 11 is 0. The number of benzene rings is 1. The number of carbonyl (C=O) groups excluding carboxylic acids is 1. The number of hydrogen-bond acceptors (Lipinski definition) is 5. The van der Waals surface area contributed by atoms with E-state index in [9.17, 15) is 4.79 Å². The van der Waals surface area contributed by atoms with Crippen LogP contribution in [0.15, 0.2) is 30.3 Å². The summed E-state index contributed by atoms with van der Waals surface area (Å²) in [6.45, 7) is 2.09. The van der Waals surface area contributed by atoms with E-state index in [0.29, 0.717) is 6.61 Å². The Morgan fingerprint density at radius 3 is 2.79 bits per heavy atom. The summed E-state index contributed by atoms with van der Waals surface area (Å²) in [5.41, 5.74) is 1.10. The molecule has 0 amide bonds. The van der Waals surface area contributed by atoms with Crippen LogP contribution in [0.25, 0.3) is 0 Å². The van der Waals surface area contributed by atoms with Crippen molar-refractivity contribution in [3.05, 3.63) is 35.9 Å². The summed E-state index contributed by atoms with van der Waals surface area (Å²) in [5.74, 6) is -0.313. The fraction of sp³-hybridized carbons (Fsp3) is 0.500. The van der Waals surface area contributed by atoms with Crippen molar-refractivity contribution in [3.63, 3.8) is 0 Å². The van der Waals surface area contributed by atoms with Crippen LogP contribution in [-0.2, 0) is 30.3 Å². The first kappa shape index (κ1) is 12.6. The molecule has 2 heterocycles. The van der Waals surface area contributed by atoms with Crippen LogP contribution in [-0.4, -0.2) is 37.2 Å². The second-order valence-electron chi connectivity index (χ2n) is 4.71. The molecule has 2 fully saturated rings. The molecule has 4 atom stereocenters. The minimum Gasteiger partial charge on any atom is -0.463 e. The van der Waals surface area contributed by atoms with Crippen molar-refractivity contribution in [2.75, 3.05) is 6.61 Å². The second-order valence-corrected chi connectivity index (χ2v) is 4.71. The molecule has 0 N–H and O–H groups in total. The molecule has 1 aromatic carbocycles. The topological polar surface area (TPSA) is 57.3 Å². The molecule has 2 saturated heterocycles. The van der Waals surface area contributed by atoms with Gasteiger partial charge >= 0.3 is 5.97 Å². The smallest absolute Gasteiger partial charge is 0.302 e. The maximum Gasteiger partial charge on any atom is 0.302 e. The number of epoxide rings is 1. The van der Waals surface area contributed by atoms with Crippen molar-refractivity contribution in [1.29, 1.82) is 0 Å². The van der Waals surface area contributed by atoms with Crippen LogP contribution in [0.5, 0.6) is 0 Å². The van der Waals surface area contributed by atoms with Crippen molar-refractivity contribution in [2.45, 2.75) is 38.1 Å². The third-order valence-electron chi connectivity index (χ3n) is 3.22. The lowest BCUT2D eigenvalue weighted by Gasteiger charge is -2.21. The van der Waals surface area contributed by atoms with E-state index in [1.54, 1.807) is 0 Å². The number of carbonyl (C=O) groups is 1. The van der Waals surface area contributed by atoms with E-state index in [1.165, 1.54) is 6.92 Å². The Morgan fingerprint density at radius 1 is 1.26 bits per heavy atom. The highest BCUT2D eigenvalue weighted by molar-refractivity contribution is 5.65. The van der Waals surface area contributed by atoms with Crippen molar-refractivity contribution < 1.29 is 23.7 Å². The third-order valence-corrected chi connectivity index (χ3v) is 3.22. The number of rotatable bonds is 5. The van der Waals surface area contributed by atoms with Crippen LogP contribution in [0.3, 0.4) is 0 Å². The molecule has 0 radical (unpaired) electrons. The molecule has 0 aromatic heterocycles. The van der Waals surface area contributed by atoms with Gasteiger partial charge in [-0.15, -0.1) is 0 Å². The van der Waals surface area contributed by atoms with Crippen LogP contribution in [0.1, 0.15) is 12.5 Å². The van der Waals surface area contributed by atoms with Gasteiger partial charge in [0.25, 0.3) is 0 Å². The minimum absolute atomic E-state index is 0.0238. The Bertz CT molecular complexity index is 446. The number of esters is 1. The molecule has 1 aromatic rings. The lowest BCUT2D eigenvalue weighted by molar-refractivity contribution is -0.155. The molecule has 2 aliphatic heterocycles. The van der Waals surface area contributed by atoms with Crippen LogP contribution < -0.4 is 0 Å². The highest BCUT2D eigenvalue weighted by Gasteiger charge is 2.58. The van der Waals surface area contributed by atoms with Crippen LogP contribution in [0.2, 0.25) is 0 Å².